The van der Waals surface area contributed by atoms with E-state index in [2.05, 4.69) is 19.2 Å². The molecule has 1 unspecified atom stereocenters. The minimum absolute atomic E-state index is 0.172. The smallest absolute Gasteiger partial charge is 0.139 e. The van der Waals surface area contributed by atoms with Crippen LogP contribution in [0.15, 0.2) is 18.2 Å². The molecule has 4 heteroatoms. The van der Waals surface area contributed by atoms with Crippen molar-refractivity contribution in [3.8, 4) is 5.75 Å². The van der Waals surface area contributed by atoms with Crippen LogP contribution >= 0.6 is 23.2 Å². The molecule has 1 N–H and O–H groups in total. The first-order valence-electron chi connectivity index (χ1n) is 6.79. The van der Waals surface area contributed by atoms with Gasteiger partial charge in [-0.3, -0.25) is 0 Å². The summed E-state index contributed by atoms with van der Waals surface area (Å²) in [6.07, 6.45) is 3.31. The Kier molecular flexibility index (Phi) is 7.59. The van der Waals surface area contributed by atoms with Crippen LogP contribution in [-0.4, -0.2) is 19.7 Å². The second-order valence-corrected chi connectivity index (χ2v) is 5.94. The van der Waals surface area contributed by atoms with Crippen molar-refractivity contribution in [1.29, 1.82) is 0 Å². The molecule has 0 aliphatic rings. The minimum Gasteiger partial charge on any atom is -0.489 e. The van der Waals surface area contributed by atoms with Crippen molar-refractivity contribution in [3.63, 3.8) is 0 Å². The molecule has 0 saturated heterocycles. The topological polar surface area (TPSA) is 21.3 Å². The molecule has 1 atom stereocenters. The van der Waals surface area contributed by atoms with Gasteiger partial charge < -0.3 is 10.1 Å². The summed E-state index contributed by atoms with van der Waals surface area (Å²) < 4.78 is 6.02. The highest BCUT2D eigenvalue weighted by molar-refractivity contribution is 6.42. The van der Waals surface area contributed by atoms with Gasteiger partial charge in [-0.25, -0.2) is 0 Å². The Morgan fingerprint density at radius 2 is 1.89 bits per heavy atom. The maximum absolute atomic E-state index is 6.16. The quantitative estimate of drug-likeness (QED) is 0.746. The first-order chi connectivity index (χ1) is 9.04. The molecule has 0 amide bonds. The number of hydrogen-bond acceptors (Lipinski definition) is 2. The van der Waals surface area contributed by atoms with Gasteiger partial charge in [-0.15, -0.1) is 0 Å². The highest BCUT2D eigenvalue weighted by Gasteiger charge is 2.14. The highest BCUT2D eigenvalue weighted by Crippen LogP contribution is 2.33. The Bertz CT molecular complexity index is 382. The number of ether oxygens (including phenoxy) is 1. The molecule has 2 nitrogen and oxygen atoms in total. The van der Waals surface area contributed by atoms with E-state index in [1.54, 1.807) is 6.07 Å². The van der Waals surface area contributed by atoms with Gasteiger partial charge in [-0.1, -0.05) is 43.1 Å². The van der Waals surface area contributed by atoms with E-state index >= 15 is 0 Å². The lowest BCUT2D eigenvalue weighted by Crippen LogP contribution is -2.23. The van der Waals surface area contributed by atoms with Crippen LogP contribution in [0.25, 0.3) is 0 Å². The zero-order valence-electron chi connectivity index (χ0n) is 11.9. The van der Waals surface area contributed by atoms with Crippen LogP contribution < -0.4 is 10.1 Å². The molecule has 0 bridgehead atoms. The summed E-state index contributed by atoms with van der Waals surface area (Å²) in [5, 5.41) is 4.20. The lowest BCUT2D eigenvalue weighted by atomic mass is 10.0. The van der Waals surface area contributed by atoms with E-state index in [4.69, 9.17) is 27.9 Å². The fraction of sp³-hybridized carbons (Fsp3) is 0.600. The number of halogens is 2. The normalized spacial score (nSPS) is 12.7. The molecule has 1 aromatic carbocycles. The van der Waals surface area contributed by atoms with Crippen LogP contribution in [0.4, 0.5) is 0 Å². The summed E-state index contributed by atoms with van der Waals surface area (Å²) in [7, 11) is 1.95. The Hall–Kier alpha value is -0.440. The molecule has 0 saturated carbocycles. The van der Waals surface area contributed by atoms with Gasteiger partial charge in [-0.05, 0) is 50.9 Å². The molecule has 0 heterocycles. The van der Waals surface area contributed by atoms with Gasteiger partial charge in [0.25, 0.3) is 0 Å². The lowest BCUT2D eigenvalue weighted by Gasteiger charge is -2.21. The fourth-order valence-corrected chi connectivity index (χ4v) is 2.18. The first-order valence-corrected chi connectivity index (χ1v) is 7.55. The lowest BCUT2D eigenvalue weighted by molar-refractivity contribution is 0.173. The van der Waals surface area contributed by atoms with E-state index in [9.17, 15) is 0 Å². The van der Waals surface area contributed by atoms with Gasteiger partial charge in [0.1, 0.15) is 16.9 Å². The molecule has 0 spiro atoms. The SMILES string of the molecule is CNCCC(CCC(C)C)Oc1cccc(Cl)c1Cl. The number of rotatable bonds is 8. The molecule has 19 heavy (non-hydrogen) atoms. The summed E-state index contributed by atoms with van der Waals surface area (Å²) >= 11 is 12.2. The molecule has 0 fully saturated rings. The van der Waals surface area contributed by atoms with Crippen molar-refractivity contribution in [2.75, 3.05) is 13.6 Å². The van der Waals surface area contributed by atoms with Crippen LogP contribution in [0.1, 0.15) is 33.1 Å². The Morgan fingerprint density at radius 3 is 2.53 bits per heavy atom. The van der Waals surface area contributed by atoms with Crippen LogP contribution in [0, 0.1) is 5.92 Å². The van der Waals surface area contributed by atoms with E-state index in [1.807, 2.05) is 19.2 Å². The predicted octanol–water partition coefficient (Wildman–Crippen LogP) is 4.79. The van der Waals surface area contributed by atoms with Crippen LogP contribution in [0.3, 0.4) is 0 Å². The van der Waals surface area contributed by atoms with E-state index in [0.717, 1.165) is 25.8 Å². The Morgan fingerprint density at radius 1 is 1.16 bits per heavy atom. The zero-order chi connectivity index (χ0) is 14.3. The van der Waals surface area contributed by atoms with E-state index < -0.39 is 0 Å². The molecule has 0 aliphatic heterocycles. The Balaban J connectivity index is 2.66. The van der Waals surface area contributed by atoms with Gasteiger partial charge in [0, 0.05) is 0 Å². The monoisotopic (exact) mass is 303 g/mol. The third-order valence-corrected chi connectivity index (χ3v) is 3.79. The predicted molar refractivity (Wildman–Crippen MR) is 83.5 cm³/mol. The summed E-state index contributed by atoms with van der Waals surface area (Å²) in [4.78, 5) is 0. The molecular weight excluding hydrogens is 281 g/mol. The van der Waals surface area contributed by atoms with Crippen LogP contribution in [0.5, 0.6) is 5.75 Å². The van der Waals surface area contributed by atoms with Crippen molar-refractivity contribution in [2.45, 2.75) is 39.2 Å². The average Bonchev–Trinajstić information content (AvgIpc) is 2.37. The summed E-state index contributed by atoms with van der Waals surface area (Å²) in [6, 6.07) is 5.50. The number of hydrogen-bond donors (Lipinski definition) is 1. The molecule has 108 valence electrons. The molecular formula is C15H23Cl2NO. The van der Waals surface area contributed by atoms with Gasteiger partial charge in [0.05, 0.1) is 5.02 Å². The summed E-state index contributed by atoms with van der Waals surface area (Å²) in [5.41, 5.74) is 0. The molecule has 1 rings (SSSR count). The maximum atomic E-state index is 6.16. The second kappa shape index (κ2) is 8.68. The van der Waals surface area contributed by atoms with Gasteiger partial charge in [0.2, 0.25) is 0 Å². The number of benzene rings is 1. The third kappa shape index (κ3) is 6.03. The van der Waals surface area contributed by atoms with Crippen molar-refractivity contribution in [2.24, 2.45) is 5.92 Å². The van der Waals surface area contributed by atoms with Crippen molar-refractivity contribution < 1.29 is 4.74 Å². The third-order valence-electron chi connectivity index (χ3n) is 2.99. The van der Waals surface area contributed by atoms with Gasteiger partial charge in [0.15, 0.2) is 0 Å². The van der Waals surface area contributed by atoms with Crippen LogP contribution in [0.2, 0.25) is 10.0 Å². The average molecular weight is 304 g/mol. The molecule has 0 radical (unpaired) electrons. The summed E-state index contributed by atoms with van der Waals surface area (Å²) in [5.74, 6) is 1.36. The van der Waals surface area contributed by atoms with E-state index in [-0.39, 0.29) is 6.10 Å². The summed E-state index contributed by atoms with van der Waals surface area (Å²) in [6.45, 7) is 5.38. The molecule has 0 aromatic heterocycles. The van der Waals surface area contributed by atoms with Gasteiger partial charge >= 0.3 is 0 Å². The van der Waals surface area contributed by atoms with Crippen LogP contribution in [-0.2, 0) is 0 Å². The van der Waals surface area contributed by atoms with Crippen molar-refractivity contribution in [1.82, 2.24) is 5.32 Å². The van der Waals surface area contributed by atoms with E-state index in [1.165, 1.54) is 0 Å². The largest absolute Gasteiger partial charge is 0.489 e. The van der Waals surface area contributed by atoms with Crippen molar-refractivity contribution >= 4 is 23.2 Å². The number of nitrogens with one attached hydrogen (secondary N) is 1. The van der Waals surface area contributed by atoms with E-state index in [0.29, 0.717) is 21.7 Å². The molecule has 0 aliphatic carbocycles. The first kappa shape index (κ1) is 16.6. The zero-order valence-corrected chi connectivity index (χ0v) is 13.4. The molecule has 1 aromatic rings. The fourth-order valence-electron chi connectivity index (χ4n) is 1.84. The van der Waals surface area contributed by atoms with Crippen molar-refractivity contribution in [3.05, 3.63) is 28.2 Å². The Labute approximate surface area is 126 Å². The van der Waals surface area contributed by atoms with Gasteiger partial charge in [-0.2, -0.15) is 0 Å². The minimum atomic E-state index is 0.172. The maximum Gasteiger partial charge on any atom is 0.139 e. The standard InChI is InChI=1S/C15H23Cl2NO/c1-11(2)7-8-12(9-10-18-3)19-14-6-4-5-13(16)15(14)17/h4-6,11-12,18H,7-10H2,1-3H3. The highest BCUT2D eigenvalue weighted by atomic mass is 35.5. The second-order valence-electron chi connectivity index (χ2n) is 5.16.